The van der Waals surface area contributed by atoms with Gasteiger partial charge in [0.05, 0.1) is 66.5 Å². The smallest absolute Gasteiger partial charge is 0.414 e. The SMILES string of the molecule is N#CC1C2CNCC12CCCCC(C(c1ccc(-c2c(F)cc(N3C[C@H](Cn4ccnn4)OC3=O)cc2F)cn1)C12CNCC1C2C#N)C12CNCC1C2C#N. The summed E-state index contributed by atoms with van der Waals surface area (Å²) < 4.78 is 38.8. The molecule has 288 valence electrons. The molecule has 0 spiro atoms. The number of nitriles is 3. The topological polar surface area (TPSA) is 181 Å². The zero-order valence-corrected chi connectivity index (χ0v) is 30.9. The number of fused-ring (bicyclic) bond motifs is 3. The van der Waals surface area contributed by atoms with Gasteiger partial charge in [0, 0.05) is 65.4 Å². The van der Waals surface area contributed by atoms with Crippen LogP contribution in [0, 0.1) is 103 Å². The molecule has 13 nitrogen and oxygen atoms in total. The number of pyridine rings is 1. The van der Waals surface area contributed by atoms with Gasteiger partial charge in [-0.25, -0.2) is 18.3 Å². The Morgan fingerprint density at radius 3 is 2.25 bits per heavy atom. The molecule has 15 heteroatoms. The molecule has 6 heterocycles. The summed E-state index contributed by atoms with van der Waals surface area (Å²) in [5.74, 6) is -1.02. The number of hydrogen-bond acceptors (Lipinski definition) is 11. The average molecular weight is 760 g/mol. The number of benzene rings is 1. The van der Waals surface area contributed by atoms with Crippen LogP contribution in [-0.2, 0) is 11.3 Å². The third kappa shape index (κ3) is 5.08. The zero-order chi connectivity index (χ0) is 38.4. The van der Waals surface area contributed by atoms with Gasteiger partial charge < -0.3 is 20.7 Å². The fourth-order valence-corrected chi connectivity index (χ4v) is 12.4. The van der Waals surface area contributed by atoms with Crippen LogP contribution in [0.25, 0.3) is 11.1 Å². The number of unbranched alkanes of at least 4 members (excludes halogenated alkanes) is 1. The number of halogens is 2. The molecule has 2 aromatic heterocycles. The van der Waals surface area contributed by atoms with Crippen LogP contribution in [0.3, 0.4) is 0 Å². The number of amides is 1. The van der Waals surface area contributed by atoms with Crippen molar-refractivity contribution in [2.75, 3.05) is 50.7 Å². The predicted octanol–water partition coefficient (Wildman–Crippen LogP) is 3.98. The van der Waals surface area contributed by atoms with E-state index in [0.29, 0.717) is 12.5 Å². The number of nitrogens with one attached hydrogen (secondary N) is 3. The molecule has 56 heavy (non-hydrogen) atoms. The number of rotatable bonds is 13. The largest absolute Gasteiger partial charge is 0.442 e. The molecule has 0 bridgehead atoms. The summed E-state index contributed by atoms with van der Waals surface area (Å²) in [6, 6.07) is 13.7. The number of carbonyl (C=O) groups is 1. The molecule has 3 N–H and O–H groups in total. The van der Waals surface area contributed by atoms with Crippen LogP contribution >= 0.6 is 0 Å². The second-order valence-electron chi connectivity index (χ2n) is 17.3. The van der Waals surface area contributed by atoms with Crippen molar-refractivity contribution < 1.29 is 18.3 Å². The van der Waals surface area contributed by atoms with Crippen molar-refractivity contribution in [2.24, 2.45) is 57.7 Å². The van der Waals surface area contributed by atoms with Crippen molar-refractivity contribution in [3.63, 3.8) is 0 Å². The number of nitrogens with zero attached hydrogens (tertiary/aromatic N) is 8. The van der Waals surface area contributed by atoms with Gasteiger partial charge in [-0.15, -0.1) is 5.10 Å². The minimum Gasteiger partial charge on any atom is -0.442 e. The van der Waals surface area contributed by atoms with E-state index in [4.69, 9.17) is 9.72 Å². The Balaban J connectivity index is 0.944. The molecule has 1 aromatic carbocycles. The summed E-state index contributed by atoms with van der Waals surface area (Å²) in [6.07, 6.45) is 7.21. The molecule has 3 saturated carbocycles. The molecule has 1 amide bonds. The molecule has 0 radical (unpaired) electrons. The fraction of sp³-hybridized carbons (Fsp3) is 0.585. The number of cyclic esters (lactones) is 1. The van der Waals surface area contributed by atoms with Gasteiger partial charge in [0.1, 0.15) is 17.7 Å². The van der Waals surface area contributed by atoms with Gasteiger partial charge in [-0.05, 0) is 74.3 Å². The van der Waals surface area contributed by atoms with E-state index in [-0.39, 0.29) is 87.6 Å². The maximum absolute atomic E-state index is 15.9. The van der Waals surface area contributed by atoms with Crippen molar-refractivity contribution in [2.45, 2.75) is 44.2 Å². The van der Waals surface area contributed by atoms with E-state index >= 15 is 8.78 Å². The zero-order valence-electron chi connectivity index (χ0n) is 30.9. The maximum Gasteiger partial charge on any atom is 0.414 e. The van der Waals surface area contributed by atoms with Crippen molar-refractivity contribution in [3.8, 4) is 29.3 Å². The summed E-state index contributed by atoms with van der Waals surface area (Å²) >= 11 is 0. The Hall–Kier alpha value is -5.01. The Morgan fingerprint density at radius 1 is 0.911 bits per heavy atom. The highest BCUT2D eigenvalue weighted by atomic mass is 19.1. The summed E-state index contributed by atoms with van der Waals surface area (Å²) in [5.41, 5.74) is 0.344. The fourth-order valence-electron chi connectivity index (χ4n) is 12.4. The van der Waals surface area contributed by atoms with Gasteiger partial charge in [0.25, 0.3) is 0 Å². The summed E-state index contributed by atoms with van der Waals surface area (Å²) in [6.45, 7) is 5.11. The molecular weight excluding hydrogens is 717 g/mol. The van der Waals surface area contributed by atoms with Crippen LogP contribution < -0.4 is 20.9 Å². The third-order valence-electron chi connectivity index (χ3n) is 15.2. The minimum atomic E-state index is -0.830. The average Bonchev–Trinajstić information content (AvgIpc) is 3.67. The van der Waals surface area contributed by atoms with E-state index < -0.39 is 23.8 Å². The maximum atomic E-state index is 15.9. The highest BCUT2D eigenvalue weighted by Gasteiger charge is 2.78. The van der Waals surface area contributed by atoms with Crippen LogP contribution in [0.1, 0.15) is 37.3 Å². The normalized spacial score (nSPS) is 36.7. The van der Waals surface area contributed by atoms with E-state index in [1.165, 1.54) is 22.0 Å². The summed E-state index contributed by atoms with van der Waals surface area (Å²) in [7, 11) is 0. The standard InChI is InChI=1S/C41H43F2N11O2/c42-33-9-24(54-19-25(56-38(54)55)18-53-8-7-51-52-53)10-34(43)36(33)23-4-5-35(50-14-23)37(41-22-49-17-32(41)29(41)13-46)26(40-21-48-16-31(40)28(40)12-45)3-1-2-6-39-20-47-15-30(39)27(39)11-44/h4-5,7-10,14,25-32,37,47-49H,1-3,6,15-22H2/t25-,26?,27?,28?,29?,30?,31?,32?,37?,39?,40?,41?/m0/s1. The monoisotopic (exact) mass is 759 g/mol. The highest BCUT2D eigenvalue weighted by molar-refractivity contribution is 5.90. The number of hydrogen-bond donors (Lipinski definition) is 3. The Bertz CT molecular complexity index is 2160. The molecule has 3 aliphatic carbocycles. The first-order valence-corrected chi connectivity index (χ1v) is 19.9. The number of ether oxygens (including phenoxy) is 1. The molecule has 4 aliphatic heterocycles. The van der Waals surface area contributed by atoms with Crippen molar-refractivity contribution >= 4 is 11.8 Å². The molecular formula is C41H43F2N11O2. The third-order valence-corrected chi connectivity index (χ3v) is 15.2. The van der Waals surface area contributed by atoms with Gasteiger partial charge in [-0.1, -0.05) is 24.1 Å². The lowest BCUT2D eigenvalue weighted by Crippen LogP contribution is -2.38. The van der Waals surface area contributed by atoms with Crippen molar-refractivity contribution in [1.82, 2.24) is 35.9 Å². The van der Waals surface area contributed by atoms with Gasteiger partial charge in [-0.3, -0.25) is 9.88 Å². The first kappa shape index (κ1) is 35.4. The Kier molecular flexibility index (Phi) is 8.23. The molecule has 11 unspecified atom stereocenters. The molecule has 7 aliphatic rings. The summed E-state index contributed by atoms with van der Waals surface area (Å²) in [5, 5.41) is 48.9. The first-order valence-electron chi connectivity index (χ1n) is 19.9. The lowest BCUT2D eigenvalue weighted by Gasteiger charge is -2.39. The number of carbonyl (C=O) groups excluding carboxylic acids is 1. The van der Waals surface area contributed by atoms with Gasteiger partial charge in [0.15, 0.2) is 0 Å². The van der Waals surface area contributed by atoms with E-state index in [0.717, 1.165) is 76.2 Å². The minimum absolute atomic E-state index is 0.0529. The number of aromatic nitrogens is 4. The second kappa shape index (κ2) is 13.0. The van der Waals surface area contributed by atoms with E-state index in [1.807, 2.05) is 6.07 Å². The Morgan fingerprint density at radius 2 is 1.61 bits per heavy atom. The quantitative estimate of drug-likeness (QED) is 0.215. The van der Waals surface area contributed by atoms with Gasteiger partial charge in [-0.2, -0.15) is 15.8 Å². The second-order valence-corrected chi connectivity index (χ2v) is 17.3. The van der Waals surface area contributed by atoms with Crippen molar-refractivity contribution in [3.05, 3.63) is 60.2 Å². The number of anilines is 1. The van der Waals surface area contributed by atoms with Crippen molar-refractivity contribution in [1.29, 1.82) is 15.8 Å². The van der Waals surface area contributed by atoms with Gasteiger partial charge in [0.2, 0.25) is 0 Å². The first-order chi connectivity index (χ1) is 27.3. The van der Waals surface area contributed by atoms with Crippen LogP contribution in [0.2, 0.25) is 0 Å². The summed E-state index contributed by atoms with van der Waals surface area (Å²) in [4.78, 5) is 18.9. The predicted molar refractivity (Wildman–Crippen MR) is 196 cm³/mol. The molecule has 7 fully saturated rings. The van der Waals surface area contributed by atoms with Crippen LogP contribution in [0.15, 0.2) is 42.9 Å². The van der Waals surface area contributed by atoms with E-state index in [9.17, 15) is 20.6 Å². The molecule has 10 rings (SSSR count). The van der Waals surface area contributed by atoms with Crippen LogP contribution in [0.5, 0.6) is 0 Å². The number of piperidine rings is 3. The van der Waals surface area contributed by atoms with E-state index in [2.05, 4.69) is 44.5 Å². The Labute approximate surface area is 323 Å². The van der Waals surface area contributed by atoms with Gasteiger partial charge >= 0.3 is 6.09 Å². The van der Waals surface area contributed by atoms with Crippen LogP contribution in [-0.4, -0.2) is 78.0 Å². The molecule has 3 aromatic rings. The van der Waals surface area contributed by atoms with E-state index in [1.54, 1.807) is 12.3 Å². The highest BCUT2D eigenvalue weighted by Crippen LogP contribution is 2.76. The molecule has 4 saturated heterocycles. The molecule has 12 atom stereocenters. The van der Waals surface area contributed by atoms with Crippen LogP contribution in [0.4, 0.5) is 19.3 Å². The lowest BCUT2D eigenvalue weighted by atomic mass is 9.65. The lowest BCUT2D eigenvalue weighted by molar-refractivity contribution is 0.129.